The second-order valence-electron chi connectivity index (χ2n) is 4.61. The molecule has 90 valence electrons. The van der Waals surface area contributed by atoms with Crippen LogP contribution in [0.5, 0.6) is 5.75 Å². The van der Waals surface area contributed by atoms with E-state index >= 15 is 0 Å². The molecule has 0 radical (unpaired) electrons. The number of nitrogens with two attached hydrogens (primary N) is 1. The molecule has 0 aromatic heterocycles. The first-order chi connectivity index (χ1) is 7.07. The van der Waals surface area contributed by atoms with Crippen molar-refractivity contribution in [2.45, 2.75) is 18.9 Å². The Morgan fingerprint density at radius 3 is 2.44 bits per heavy atom. The lowest BCUT2D eigenvalue weighted by atomic mass is 10.1. The zero-order chi connectivity index (χ0) is 10.9. The van der Waals surface area contributed by atoms with E-state index in [-0.39, 0.29) is 18.0 Å². The molecule has 0 spiro atoms. The first-order valence-electron chi connectivity index (χ1n) is 5.31. The van der Waals surface area contributed by atoms with Gasteiger partial charge in [-0.15, -0.1) is 12.4 Å². The van der Waals surface area contributed by atoms with Crippen molar-refractivity contribution in [3.8, 4) is 5.75 Å². The van der Waals surface area contributed by atoms with Crippen LogP contribution in [-0.4, -0.2) is 30.6 Å². The fraction of sp³-hybridized carbons (Fsp3) is 0.500. The van der Waals surface area contributed by atoms with E-state index in [4.69, 9.17) is 10.5 Å². The molecular weight excluding hydrogens is 224 g/mol. The number of nitrogens with zero attached hydrogens (tertiary/aromatic N) is 1. The summed E-state index contributed by atoms with van der Waals surface area (Å²) in [7, 11) is 2.12. The average molecular weight is 243 g/mol. The number of benzene rings is 1. The van der Waals surface area contributed by atoms with Gasteiger partial charge >= 0.3 is 0 Å². The van der Waals surface area contributed by atoms with Gasteiger partial charge in [0.2, 0.25) is 0 Å². The number of halogens is 1. The summed E-state index contributed by atoms with van der Waals surface area (Å²) in [5.41, 5.74) is 6.35. The predicted molar refractivity (Wildman–Crippen MR) is 69.2 cm³/mol. The van der Waals surface area contributed by atoms with Crippen LogP contribution >= 0.6 is 12.4 Å². The van der Waals surface area contributed by atoms with Crippen LogP contribution in [-0.2, 0) is 0 Å². The van der Waals surface area contributed by atoms with Crippen molar-refractivity contribution in [1.82, 2.24) is 4.90 Å². The minimum atomic E-state index is -0.0507. The molecular formula is C12H19ClN2O. The molecule has 4 heteroatoms. The van der Waals surface area contributed by atoms with Crippen LogP contribution < -0.4 is 10.5 Å². The average Bonchev–Trinajstić information content (AvgIpc) is 2.50. The summed E-state index contributed by atoms with van der Waals surface area (Å²) in [5, 5.41) is 0. The first-order valence-corrected chi connectivity index (χ1v) is 5.31. The Balaban J connectivity index is 0.00000128. The number of likely N-dealkylation sites (N-methyl/N-ethyl adjacent to an activating group) is 1. The molecule has 1 aromatic carbocycles. The van der Waals surface area contributed by atoms with Crippen molar-refractivity contribution in [2.75, 3.05) is 25.9 Å². The molecule has 1 aliphatic heterocycles. The third-order valence-electron chi connectivity index (χ3n) is 2.87. The van der Waals surface area contributed by atoms with Crippen molar-refractivity contribution < 1.29 is 4.74 Å². The molecule has 2 rings (SSSR count). The van der Waals surface area contributed by atoms with Gasteiger partial charge in [-0.1, -0.05) is 0 Å². The first kappa shape index (κ1) is 13.1. The van der Waals surface area contributed by atoms with Crippen LogP contribution in [0.2, 0.25) is 0 Å². The highest BCUT2D eigenvalue weighted by Crippen LogP contribution is 2.27. The van der Waals surface area contributed by atoms with E-state index in [0.29, 0.717) is 0 Å². The number of hydrogen-bond acceptors (Lipinski definition) is 3. The molecule has 2 N–H and O–H groups in total. The maximum Gasteiger partial charge on any atom is 0.120 e. The minimum absolute atomic E-state index is 0. The van der Waals surface area contributed by atoms with Gasteiger partial charge in [0.15, 0.2) is 0 Å². The molecule has 1 unspecified atom stereocenters. The Morgan fingerprint density at radius 2 is 1.94 bits per heavy atom. The summed E-state index contributed by atoms with van der Waals surface area (Å²) in [6, 6.07) is 7.60. The molecule has 0 aliphatic carbocycles. The minimum Gasteiger partial charge on any atom is -0.486 e. The summed E-state index contributed by atoms with van der Waals surface area (Å²) >= 11 is 0. The summed E-state index contributed by atoms with van der Waals surface area (Å²) < 4.78 is 5.99. The molecule has 0 amide bonds. The number of hydrogen-bond donors (Lipinski definition) is 1. The Hall–Kier alpha value is -0.930. The van der Waals surface area contributed by atoms with Gasteiger partial charge in [0.25, 0.3) is 0 Å². The monoisotopic (exact) mass is 242 g/mol. The van der Waals surface area contributed by atoms with Gasteiger partial charge in [-0.05, 0) is 38.2 Å². The van der Waals surface area contributed by atoms with E-state index in [0.717, 1.165) is 30.9 Å². The van der Waals surface area contributed by atoms with Crippen LogP contribution in [0.1, 0.15) is 13.3 Å². The van der Waals surface area contributed by atoms with Crippen LogP contribution in [0.25, 0.3) is 0 Å². The van der Waals surface area contributed by atoms with Gasteiger partial charge in [-0.25, -0.2) is 0 Å². The Morgan fingerprint density at radius 1 is 1.31 bits per heavy atom. The van der Waals surface area contributed by atoms with Crippen molar-refractivity contribution in [3.63, 3.8) is 0 Å². The number of ether oxygens (including phenoxy) is 1. The van der Waals surface area contributed by atoms with Crippen molar-refractivity contribution in [1.29, 1.82) is 0 Å². The highest BCUT2D eigenvalue weighted by Gasteiger charge is 2.33. The van der Waals surface area contributed by atoms with E-state index < -0.39 is 0 Å². The standard InChI is InChI=1S/C12H18N2O.ClH/c1-12(7-8-14(2)9-12)15-11-5-3-10(13)4-6-11;/h3-6H,7-9,13H2,1-2H3;1H. The lowest BCUT2D eigenvalue weighted by Gasteiger charge is -2.25. The highest BCUT2D eigenvalue weighted by molar-refractivity contribution is 5.85. The van der Waals surface area contributed by atoms with Crippen molar-refractivity contribution >= 4 is 18.1 Å². The third-order valence-corrected chi connectivity index (χ3v) is 2.87. The smallest absolute Gasteiger partial charge is 0.120 e. The molecule has 3 nitrogen and oxygen atoms in total. The molecule has 1 atom stereocenters. The quantitative estimate of drug-likeness (QED) is 0.808. The second-order valence-corrected chi connectivity index (χ2v) is 4.61. The Kier molecular flexibility index (Phi) is 4.05. The third kappa shape index (κ3) is 3.03. The van der Waals surface area contributed by atoms with E-state index in [1.165, 1.54) is 0 Å². The van der Waals surface area contributed by atoms with E-state index in [9.17, 15) is 0 Å². The Bertz CT molecular complexity index is 341. The van der Waals surface area contributed by atoms with Gasteiger partial charge < -0.3 is 15.4 Å². The van der Waals surface area contributed by atoms with Crippen molar-refractivity contribution in [3.05, 3.63) is 24.3 Å². The Labute approximate surface area is 103 Å². The molecule has 1 aromatic rings. The highest BCUT2D eigenvalue weighted by atomic mass is 35.5. The van der Waals surface area contributed by atoms with Crippen LogP contribution in [0.15, 0.2) is 24.3 Å². The van der Waals surface area contributed by atoms with Crippen LogP contribution in [0.4, 0.5) is 5.69 Å². The van der Waals surface area contributed by atoms with Crippen LogP contribution in [0.3, 0.4) is 0 Å². The van der Waals surface area contributed by atoms with Gasteiger partial charge in [0.05, 0.1) is 0 Å². The number of rotatable bonds is 2. The lowest BCUT2D eigenvalue weighted by Crippen LogP contribution is -2.35. The largest absolute Gasteiger partial charge is 0.486 e. The number of likely N-dealkylation sites (tertiary alicyclic amines) is 1. The molecule has 1 heterocycles. The summed E-state index contributed by atoms with van der Waals surface area (Å²) in [4.78, 5) is 2.29. The predicted octanol–water partition coefficient (Wildman–Crippen LogP) is 2.16. The maximum absolute atomic E-state index is 5.99. The molecule has 1 aliphatic rings. The van der Waals surface area contributed by atoms with Crippen molar-refractivity contribution in [2.24, 2.45) is 0 Å². The van der Waals surface area contributed by atoms with Gasteiger partial charge in [-0.2, -0.15) is 0 Å². The normalized spacial score (nSPS) is 25.1. The second kappa shape index (κ2) is 4.93. The van der Waals surface area contributed by atoms with Gasteiger partial charge in [0.1, 0.15) is 11.4 Å². The van der Waals surface area contributed by atoms with Crippen LogP contribution in [0, 0.1) is 0 Å². The van der Waals surface area contributed by atoms with Gasteiger partial charge in [0, 0.05) is 25.2 Å². The topological polar surface area (TPSA) is 38.5 Å². The SMILES string of the molecule is CN1CCC(C)(Oc2ccc(N)cc2)C1.Cl. The van der Waals surface area contributed by atoms with E-state index in [1.807, 2.05) is 24.3 Å². The fourth-order valence-corrected chi connectivity index (χ4v) is 2.06. The fourth-order valence-electron chi connectivity index (χ4n) is 2.06. The molecule has 1 saturated heterocycles. The summed E-state index contributed by atoms with van der Waals surface area (Å²) in [6.45, 7) is 4.25. The molecule has 0 saturated carbocycles. The number of anilines is 1. The zero-order valence-electron chi connectivity index (χ0n) is 9.77. The zero-order valence-corrected chi connectivity index (χ0v) is 10.6. The number of nitrogen functional groups attached to an aromatic ring is 1. The molecule has 1 fully saturated rings. The maximum atomic E-state index is 5.99. The lowest BCUT2D eigenvalue weighted by molar-refractivity contribution is 0.0998. The molecule has 0 bridgehead atoms. The summed E-state index contributed by atoms with van der Waals surface area (Å²) in [5.74, 6) is 0.905. The molecule has 16 heavy (non-hydrogen) atoms. The van der Waals surface area contributed by atoms with E-state index in [2.05, 4.69) is 18.9 Å². The summed E-state index contributed by atoms with van der Waals surface area (Å²) in [6.07, 6.45) is 1.08. The van der Waals surface area contributed by atoms with E-state index in [1.54, 1.807) is 0 Å². The van der Waals surface area contributed by atoms with Gasteiger partial charge in [-0.3, -0.25) is 0 Å².